The molecule has 0 aromatic heterocycles. The molecule has 0 heterocycles. The van der Waals surface area contributed by atoms with E-state index in [1.54, 1.807) is 30.1 Å². The Morgan fingerprint density at radius 3 is 2.57 bits per heavy atom. The first kappa shape index (κ1) is 17.2. The van der Waals surface area contributed by atoms with Crippen LogP contribution in [0.25, 0.3) is 6.08 Å². The summed E-state index contributed by atoms with van der Waals surface area (Å²) in [5, 5.41) is 8.95. The van der Waals surface area contributed by atoms with Gasteiger partial charge in [-0.05, 0) is 36.1 Å². The molecule has 5 heteroatoms. The highest BCUT2D eigenvalue weighted by atomic mass is 35.5. The molecule has 0 aliphatic heterocycles. The Balaban J connectivity index is 2.83. The van der Waals surface area contributed by atoms with Gasteiger partial charge in [0.15, 0.2) is 0 Å². The number of hydrogen-bond donors (Lipinski definition) is 1. The van der Waals surface area contributed by atoms with Gasteiger partial charge in [-0.1, -0.05) is 31.5 Å². The first-order chi connectivity index (χ1) is 9.81. The predicted octanol–water partition coefficient (Wildman–Crippen LogP) is 3.56. The number of halogens is 1. The Morgan fingerprint density at radius 2 is 2.05 bits per heavy atom. The lowest BCUT2D eigenvalue weighted by atomic mass is 10.1. The van der Waals surface area contributed by atoms with Crippen molar-refractivity contribution in [3.8, 4) is 0 Å². The minimum atomic E-state index is -1.04. The lowest BCUT2D eigenvalue weighted by molar-refractivity contribution is -0.131. The van der Waals surface area contributed by atoms with Gasteiger partial charge in [0, 0.05) is 30.3 Å². The summed E-state index contributed by atoms with van der Waals surface area (Å²) in [6.45, 7) is 4.91. The van der Waals surface area contributed by atoms with Crippen LogP contribution in [-0.2, 0) is 4.79 Å². The molecule has 0 saturated carbocycles. The maximum atomic E-state index is 12.2. The smallest absolute Gasteiger partial charge is 0.328 e. The highest BCUT2D eigenvalue weighted by molar-refractivity contribution is 6.32. The summed E-state index contributed by atoms with van der Waals surface area (Å²) >= 11 is 6.07. The van der Waals surface area contributed by atoms with Gasteiger partial charge >= 0.3 is 5.97 Å². The Labute approximate surface area is 130 Å². The third kappa shape index (κ3) is 5.60. The van der Waals surface area contributed by atoms with Crippen molar-refractivity contribution in [1.82, 2.24) is 4.90 Å². The van der Waals surface area contributed by atoms with E-state index in [9.17, 15) is 9.59 Å². The molecule has 0 bridgehead atoms. The largest absolute Gasteiger partial charge is 0.478 e. The van der Waals surface area contributed by atoms with Gasteiger partial charge in [-0.2, -0.15) is 0 Å². The Bertz CT molecular complexity index is 552. The molecule has 0 fully saturated rings. The minimum absolute atomic E-state index is 0.0914. The van der Waals surface area contributed by atoms with Crippen molar-refractivity contribution in [2.45, 2.75) is 20.3 Å². The fraction of sp³-hybridized carbons (Fsp3) is 0.375. The summed E-state index contributed by atoms with van der Waals surface area (Å²) in [5.41, 5.74) is 1.07. The van der Waals surface area contributed by atoms with Crippen LogP contribution in [0.2, 0.25) is 5.02 Å². The maximum Gasteiger partial charge on any atom is 0.328 e. The summed E-state index contributed by atoms with van der Waals surface area (Å²) < 4.78 is 0. The number of carbonyl (C=O) groups excluding carboxylic acids is 1. The molecule has 0 spiro atoms. The van der Waals surface area contributed by atoms with Crippen LogP contribution in [0.4, 0.5) is 0 Å². The molecule has 1 aromatic carbocycles. The van der Waals surface area contributed by atoms with Gasteiger partial charge in [0.25, 0.3) is 5.91 Å². The lowest BCUT2D eigenvalue weighted by Gasteiger charge is -2.18. The number of carbonyl (C=O) groups is 2. The number of hydrogen-bond acceptors (Lipinski definition) is 2. The van der Waals surface area contributed by atoms with Gasteiger partial charge in [0.2, 0.25) is 0 Å². The third-order valence-corrected chi connectivity index (χ3v) is 3.37. The van der Waals surface area contributed by atoms with Crippen LogP contribution in [-0.4, -0.2) is 35.5 Å². The van der Waals surface area contributed by atoms with Gasteiger partial charge in [0.05, 0.1) is 0 Å². The topological polar surface area (TPSA) is 57.6 Å². The molecule has 0 aliphatic rings. The molecular formula is C16H20ClNO3. The number of carboxylic acid groups (broad SMARTS) is 1. The summed E-state index contributed by atoms with van der Waals surface area (Å²) in [7, 11) is 1.76. The number of carboxylic acids is 1. The average molecular weight is 310 g/mol. The van der Waals surface area contributed by atoms with Crippen molar-refractivity contribution in [2.24, 2.45) is 5.92 Å². The molecule has 0 unspecified atom stereocenters. The highest BCUT2D eigenvalue weighted by Crippen LogP contribution is 2.20. The van der Waals surface area contributed by atoms with E-state index in [1.807, 2.05) is 0 Å². The molecule has 1 aromatic rings. The van der Waals surface area contributed by atoms with Crippen LogP contribution in [0.15, 0.2) is 24.3 Å². The molecule has 0 saturated heterocycles. The predicted molar refractivity (Wildman–Crippen MR) is 84.5 cm³/mol. The SMILES string of the molecule is CC(C)CCN(C)C(=O)c1ccc(/C=C/C(=O)O)c(Cl)c1. The molecule has 1 amide bonds. The summed E-state index contributed by atoms with van der Waals surface area (Å²) in [5.74, 6) is -0.599. The van der Waals surface area contributed by atoms with E-state index >= 15 is 0 Å². The molecule has 114 valence electrons. The molecule has 1 rings (SSSR count). The zero-order valence-corrected chi connectivity index (χ0v) is 13.2. The van der Waals surface area contributed by atoms with Crippen molar-refractivity contribution >= 4 is 29.6 Å². The van der Waals surface area contributed by atoms with Gasteiger partial charge in [0.1, 0.15) is 0 Å². The molecular weight excluding hydrogens is 290 g/mol. The quantitative estimate of drug-likeness (QED) is 0.817. The Hall–Kier alpha value is -1.81. The van der Waals surface area contributed by atoms with Crippen molar-refractivity contribution in [3.05, 3.63) is 40.4 Å². The van der Waals surface area contributed by atoms with E-state index in [0.717, 1.165) is 12.5 Å². The lowest BCUT2D eigenvalue weighted by Crippen LogP contribution is -2.28. The second-order valence-electron chi connectivity index (χ2n) is 5.32. The average Bonchev–Trinajstić information content (AvgIpc) is 2.42. The first-order valence-corrected chi connectivity index (χ1v) is 7.15. The van der Waals surface area contributed by atoms with Crippen molar-refractivity contribution in [3.63, 3.8) is 0 Å². The van der Waals surface area contributed by atoms with E-state index in [2.05, 4.69) is 13.8 Å². The first-order valence-electron chi connectivity index (χ1n) is 6.77. The molecule has 0 aliphatic carbocycles. The number of nitrogens with zero attached hydrogens (tertiary/aromatic N) is 1. The fourth-order valence-corrected chi connectivity index (χ4v) is 1.97. The van der Waals surface area contributed by atoms with Gasteiger partial charge < -0.3 is 10.0 Å². The Kier molecular flexibility index (Phi) is 6.43. The highest BCUT2D eigenvalue weighted by Gasteiger charge is 2.13. The van der Waals surface area contributed by atoms with Crippen molar-refractivity contribution in [1.29, 1.82) is 0 Å². The standard InChI is InChI=1S/C16H20ClNO3/c1-11(2)8-9-18(3)16(21)13-5-4-12(14(17)10-13)6-7-15(19)20/h4-7,10-11H,8-9H2,1-3H3,(H,19,20)/b7-6+. The fourth-order valence-electron chi connectivity index (χ4n) is 1.73. The zero-order chi connectivity index (χ0) is 16.0. The van der Waals surface area contributed by atoms with Gasteiger partial charge in [-0.3, -0.25) is 4.79 Å². The Morgan fingerprint density at radius 1 is 1.38 bits per heavy atom. The van der Waals surface area contributed by atoms with Crippen molar-refractivity contribution in [2.75, 3.05) is 13.6 Å². The number of aliphatic carboxylic acids is 1. The normalized spacial score (nSPS) is 11.1. The molecule has 0 radical (unpaired) electrons. The summed E-state index contributed by atoms with van der Waals surface area (Å²) in [6.07, 6.45) is 3.36. The summed E-state index contributed by atoms with van der Waals surface area (Å²) in [4.78, 5) is 24.4. The van der Waals surface area contributed by atoms with Crippen LogP contribution in [0.3, 0.4) is 0 Å². The van der Waals surface area contributed by atoms with E-state index < -0.39 is 5.97 Å². The molecule has 21 heavy (non-hydrogen) atoms. The minimum Gasteiger partial charge on any atom is -0.478 e. The van der Waals surface area contributed by atoms with Crippen molar-refractivity contribution < 1.29 is 14.7 Å². The monoisotopic (exact) mass is 309 g/mol. The summed E-state index contributed by atoms with van der Waals surface area (Å²) in [6, 6.07) is 4.87. The van der Waals surface area contributed by atoms with Crippen LogP contribution in [0.1, 0.15) is 36.2 Å². The number of rotatable bonds is 6. The van der Waals surface area contributed by atoms with E-state index in [0.29, 0.717) is 28.6 Å². The third-order valence-electron chi connectivity index (χ3n) is 3.04. The molecule has 1 N–H and O–H groups in total. The van der Waals surface area contributed by atoms with Crippen LogP contribution < -0.4 is 0 Å². The van der Waals surface area contributed by atoms with Crippen LogP contribution in [0.5, 0.6) is 0 Å². The van der Waals surface area contributed by atoms with Gasteiger partial charge in [-0.25, -0.2) is 4.79 Å². The van der Waals surface area contributed by atoms with Gasteiger partial charge in [-0.15, -0.1) is 0 Å². The van der Waals surface area contributed by atoms with E-state index in [-0.39, 0.29) is 5.91 Å². The molecule has 0 atom stereocenters. The number of amides is 1. The van der Waals surface area contributed by atoms with E-state index in [4.69, 9.17) is 16.7 Å². The van der Waals surface area contributed by atoms with Crippen LogP contribution in [0, 0.1) is 5.92 Å². The second-order valence-corrected chi connectivity index (χ2v) is 5.72. The van der Waals surface area contributed by atoms with E-state index in [1.165, 1.54) is 6.08 Å². The molecule has 4 nitrogen and oxygen atoms in total. The maximum absolute atomic E-state index is 12.2. The van der Waals surface area contributed by atoms with Crippen LogP contribution >= 0.6 is 11.6 Å². The zero-order valence-electron chi connectivity index (χ0n) is 12.5. The number of benzene rings is 1. The second kappa shape index (κ2) is 7.84.